The molecule has 0 amide bonds. The molecule has 348 valence electrons. The highest BCUT2D eigenvalue weighted by molar-refractivity contribution is 5.47. The van der Waals surface area contributed by atoms with Gasteiger partial charge in [-0.1, -0.05) is 121 Å². The van der Waals surface area contributed by atoms with E-state index < -0.39 is 5.60 Å². The molecule has 0 unspecified atom stereocenters. The fourth-order valence-electron chi connectivity index (χ4n) is 6.21. The second-order valence-electron chi connectivity index (χ2n) is 13.9. The quantitative estimate of drug-likeness (QED) is 0.0362. The molecule has 0 aliphatic rings. The van der Waals surface area contributed by atoms with E-state index in [0.29, 0.717) is 165 Å². The molecule has 0 bridgehead atoms. The van der Waals surface area contributed by atoms with Crippen LogP contribution in [0.3, 0.4) is 0 Å². The van der Waals surface area contributed by atoms with E-state index in [4.69, 9.17) is 61.6 Å². The van der Waals surface area contributed by atoms with Gasteiger partial charge in [-0.3, -0.25) is 0 Å². The van der Waals surface area contributed by atoms with Gasteiger partial charge in [0.05, 0.1) is 165 Å². The van der Waals surface area contributed by atoms with Gasteiger partial charge in [-0.25, -0.2) is 0 Å². The van der Waals surface area contributed by atoms with E-state index in [1.165, 1.54) is 0 Å². The Morgan fingerprint density at radius 1 is 0.222 bits per heavy atom. The lowest BCUT2D eigenvalue weighted by Gasteiger charge is -2.36. The van der Waals surface area contributed by atoms with Crippen LogP contribution in [0.4, 0.5) is 0 Å². The van der Waals surface area contributed by atoms with Crippen molar-refractivity contribution in [3.8, 4) is 0 Å². The topological polar surface area (TPSA) is 120 Å². The lowest BCUT2D eigenvalue weighted by molar-refractivity contribution is -0.0399. The van der Waals surface area contributed by atoms with Crippen LogP contribution in [-0.4, -0.2) is 159 Å². The lowest BCUT2D eigenvalue weighted by Crippen LogP contribution is -2.34. The van der Waals surface area contributed by atoms with Gasteiger partial charge in [0.15, 0.2) is 0 Å². The van der Waals surface area contributed by atoms with Gasteiger partial charge in [0.25, 0.3) is 0 Å². The van der Waals surface area contributed by atoms with Crippen molar-refractivity contribution in [1.82, 2.24) is 0 Å². The van der Waals surface area contributed by atoms with Crippen molar-refractivity contribution in [2.45, 2.75) is 12.2 Å². The van der Waals surface area contributed by atoms with Gasteiger partial charge >= 0.3 is 0 Å². The monoisotopic (exact) mass is 878 g/mol. The van der Waals surface area contributed by atoms with E-state index in [1.54, 1.807) is 0 Å². The maximum absolute atomic E-state index is 6.74. The Morgan fingerprint density at radius 2 is 0.429 bits per heavy atom. The summed E-state index contributed by atoms with van der Waals surface area (Å²) in [4.78, 5) is 0. The number of hydrogen-bond acceptors (Lipinski definition) is 13. The zero-order chi connectivity index (χ0) is 43.8. The molecule has 0 saturated carbocycles. The minimum Gasteiger partial charge on any atom is -0.377 e. The molecule has 0 N–H and O–H groups in total. The summed E-state index contributed by atoms with van der Waals surface area (Å²) in [6.07, 6.45) is 0. The Hall–Kier alpha value is -3.64. The first-order chi connectivity index (χ1) is 31.4. The van der Waals surface area contributed by atoms with Crippen molar-refractivity contribution in [1.29, 1.82) is 0 Å². The molecule has 0 spiro atoms. The van der Waals surface area contributed by atoms with Crippen LogP contribution >= 0.6 is 0 Å². The Bertz CT molecular complexity index is 1470. The molecule has 4 aromatic rings. The molecule has 0 heterocycles. The summed E-state index contributed by atoms with van der Waals surface area (Å²) < 4.78 is 73.7. The molecule has 0 aromatic heterocycles. The third-order valence-electron chi connectivity index (χ3n) is 9.29. The zero-order valence-corrected chi connectivity index (χ0v) is 37.0. The first kappa shape index (κ1) is 52.0. The highest BCUT2D eigenvalue weighted by atomic mass is 16.6. The van der Waals surface area contributed by atoms with Crippen LogP contribution < -0.4 is 0 Å². The van der Waals surface area contributed by atoms with E-state index in [1.807, 2.05) is 84.9 Å². The maximum Gasteiger partial charge on any atom is 0.143 e. The summed E-state index contributed by atoms with van der Waals surface area (Å²) in [6, 6.07) is 41.1. The molecule has 0 saturated heterocycles. The molecule has 4 aromatic carbocycles. The fourth-order valence-corrected chi connectivity index (χ4v) is 6.21. The summed E-state index contributed by atoms with van der Waals surface area (Å²) in [5.74, 6) is 0. The first-order valence-electron chi connectivity index (χ1n) is 22.2. The van der Waals surface area contributed by atoms with Crippen molar-refractivity contribution in [2.24, 2.45) is 0 Å². The summed E-state index contributed by atoms with van der Waals surface area (Å²) in [5, 5.41) is 0. The molecule has 0 aliphatic carbocycles. The van der Waals surface area contributed by atoms with Gasteiger partial charge in [-0.05, 0) is 22.3 Å². The molecular weight excluding hydrogens is 809 g/mol. The van der Waals surface area contributed by atoms with Crippen molar-refractivity contribution < 1.29 is 61.6 Å². The normalized spacial score (nSPS) is 11.7. The van der Waals surface area contributed by atoms with Gasteiger partial charge in [-0.15, -0.1) is 0 Å². The van der Waals surface area contributed by atoms with Crippen molar-refractivity contribution in [3.63, 3.8) is 0 Å². The van der Waals surface area contributed by atoms with Gasteiger partial charge < -0.3 is 61.6 Å². The molecule has 0 atom stereocenters. The Labute approximate surface area is 375 Å². The van der Waals surface area contributed by atoms with Crippen molar-refractivity contribution >= 4 is 0 Å². The highest BCUT2D eigenvalue weighted by Crippen LogP contribution is 2.40. The average molecular weight is 879 g/mol. The standard InChI is InChI=1S/C50H70O13/c1-5-13-46(14-6-1)45-62-42-41-60-38-37-58-34-33-56-30-29-54-26-25-52-22-21-51-23-24-53-27-28-55-31-32-57-35-36-59-39-40-61-43-44-63-50(47-15-7-2-8-16-47,48-17-9-3-10-18-48)49-19-11-4-12-20-49/h1-20H,21-45H2. The molecule has 0 fully saturated rings. The van der Waals surface area contributed by atoms with Gasteiger partial charge in [-0.2, -0.15) is 0 Å². The van der Waals surface area contributed by atoms with E-state index in [0.717, 1.165) is 22.3 Å². The van der Waals surface area contributed by atoms with E-state index in [9.17, 15) is 0 Å². The summed E-state index contributed by atoms with van der Waals surface area (Å²) in [6.45, 7) is 12.6. The van der Waals surface area contributed by atoms with Crippen molar-refractivity contribution in [2.75, 3.05) is 159 Å². The van der Waals surface area contributed by atoms with Crippen LogP contribution in [0.2, 0.25) is 0 Å². The summed E-state index contributed by atoms with van der Waals surface area (Å²) >= 11 is 0. The Morgan fingerprint density at radius 3 is 0.683 bits per heavy atom. The smallest absolute Gasteiger partial charge is 0.143 e. The molecule has 13 heteroatoms. The number of ether oxygens (including phenoxy) is 13. The van der Waals surface area contributed by atoms with Gasteiger partial charge in [0.1, 0.15) is 5.60 Å². The molecule has 13 nitrogen and oxygen atoms in total. The number of benzene rings is 4. The molecule has 0 radical (unpaired) electrons. The van der Waals surface area contributed by atoms with E-state index in [-0.39, 0.29) is 0 Å². The average Bonchev–Trinajstić information content (AvgIpc) is 3.33. The van der Waals surface area contributed by atoms with E-state index >= 15 is 0 Å². The molecule has 0 aliphatic heterocycles. The van der Waals surface area contributed by atoms with Gasteiger partial charge in [0, 0.05) is 0 Å². The van der Waals surface area contributed by atoms with E-state index in [2.05, 4.69) is 36.4 Å². The van der Waals surface area contributed by atoms with Crippen LogP contribution in [0.1, 0.15) is 22.3 Å². The highest BCUT2D eigenvalue weighted by Gasteiger charge is 2.37. The molecule has 63 heavy (non-hydrogen) atoms. The Balaban J connectivity index is 0.820. The number of hydrogen-bond donors (Lipinski definition) is 0. The first-order valence-corrected chi connectivity index (χ1v) is 22.2. The Kier molecular flexibility index (Phi) is 30.3. The van der Waals surface area contributed by atoms with Gasteiger partial charge in [0.2, 0.25) is 0 Å². The minimum absolute atomic E-state index is 0.413. The minimum atomic E-state index is -0.755. The lowest BCUT2D eigenvalue weighted by atomic mass is 9.80. The largest absolute Gasteiger partial charge is 0.377 e. The van der Waals surface area contributed by atoms with Crippen molar-refractivity contribution in [3.05, 3.63) is 144 Å². The second kappa shape index (κ2) is 36.7. The second-order valence-corrected chi connectivity index (χ2v) is 13.9. The zero-order valence-electron chi connectivity index (χ0n) is 37.0. The molecule has 4 rings (SSSR count). The third-order valence-corrected chi connectivity index (χ3v) is 9.29. The maximum atomic E-state index is 6.74. The summed E-state index contributed by atoms with van der Waals surface area (Å²) in [5.41, 5.74) is 3.60. The van der Waals surface area contributed by atoms with Crippen LogP contribution in [0.5, 0.6) is 0 Å². The van der Waals surface area contributed by atoms with Crippen LogP contribution in [0, 0.1) is 0 Å². The van der Waals surface area contributed by atoms with Crippen LogP contribution in [0.15, 0.2) is 121 Å². The number of rotatable bonds is 42. The van der Waals surface area contributed by atoms with Crippen LogP contribution in [0.25, 0.3) is 0 Å². The fraction of sp³-hybridized carbons (Fsp3) is 0.520. The third kappa shape index (κ3) is 23.7. The summed E-state index contributed by atoms with van der Waals surface area (Å²) in [7, 11) is 0. The predicted octanol–water partition coefficient (Wildman–Crippen LogP) is 6.39. The van der Waals surface area contributed by atoms with Crippen LogP contribution in [-0.2, 0) is 73.8 Å². The SMILES string of the molecule is c1ccc(COCCOCCOCCOCCOCCOCCOCCOCCOCCOCCOCCOCCOC(c2ccccc2)(c2ccccc2)c2ccccc2)cc1. The predicted molar refractivity (Wildman–Crippen MR) is 240 cm³/mol. The molecular formula is C50H70O13.